The Labute approximate surface area is 128 Å². The molecule has 1 aromatic carbocycles. The van der Waals surface area contributed by atoms with E-state index in [1.165, 1.54) is 19.2 Å². The summed E-state index contributed by atoms with van der Waals surface area (Å²) in [5, 5.41) is 10.7. The molecule has 2 saturated heterocycles. The zero-order valence-corrected chi connectivity index (χ0v) is 12.4. The maximum atomic E-state index is 13.2. The van der Waals surface area contributed by atoms with Gasteiger partial charge in [-0.15, -0.1) is 0 Å². The first-order chi connectivity index (χ1) is 10.5. The number of carbonyl (C=O) groups excluding carboxylic acids is 1. The van der Waals surface area contributed by atoms with Crippen LogP contribution in [0.4, 0.5) is 9.18 Å². The van der Waals surface area contributed by atoms with E-state index in [-0.39, 0.29) is 24.0 Å². The molecular formula is C17H18FNO3. The van der Waals surface area contributed by atoms with Gasteiger partial charge in [-0.2, -0.15) is 0 Å². The Hall–Kier alpha value is -2.06. The van der Waals surface area contributed by atoms with Crippen LogP contribution in [0.3, 0.4) is 0 Å². The number of halogens is 1. The second-order valence-electron chi connectivity index (χ2n) is 5.96. The van der Waals surface area contributed by atoms with E-state index < -0.39 is 5.60 Å². The van der Waals surface area contributed by atoms with Crippen LogP contribution >= 0.6 is 0 Å². The van der Waals surface area contributed by atoms with Crippen LogP contribution in [0.25, 0.3) is 0 Å². The molecule has 116 valence electrons. The lowest BCUT2D eigenvalue weighted by Crippen LogP contribution is -2.52. The van der Waals surface area contributed by atoms with E-state index in [0.29, 0.717) is 18.4 Å². The van der Waals surface area contributed by atoms with Gasteiger partial charge in [0.2, 0.25) is 0 Å². The molecule has 4 nitrogen and oxygen atoms in total. The first-order valence-electron chi connectivity index (χ1n) is 7.38. The van der Waals surface area contributed by atoms with Crippen molar-refractivity contribution in [2.75, 3.05) is 7.11 Å². The summed E-state index contributed by atoms with van der Waals surface area (Å²) in [7, 11) is 1.37. The summed E-state index contributed by atoms with van der Waals surface area (Å²) >= 11 is 0. The predicted molar refractivity (Wildman–Crippen MR) is 78.5 cm³/mol. The van der Waals surface area contributed by atoms with E-state index in [2.05, 4.69) is 11.8 Å². The normalized spacial score (nSPS) is 29.7. The Kier molecular flexibility index (Phi) is 3.79. The third-order valence-electron chi connectivity index (χ3n) is 4.42. The number of hydrogen-bond acceptors (Lipinski definition) is 3. The van der Waals surface area contributed by atoms with Gasteiger partial charge in [0.05, 0.1) is 7.11 Å². The summed E-state index contributed by atoms with van der Waals surface area (Å²) < 4.78 is 18.0. The molecule has 2 fully saturated rings. The van der Waals surface area contributed by atoms with E-state index >= 15 is 0 Å². The van der Waals surface area contributed by atoms with Crippen LogP contribution in [0, 0.1) is 17.7 Å². The van der Waals surface area contributed by atoms with Crippen molar-refractivity contribution < 1.29 is 19.0 Å². The van der Waals surface area contributed by atoms with Gasteiger partial charge in [-0.3, -0.25) is 0 Å². The third kappa shape index (κ3) is 2.79. The fourth-order valence-electron chi connectivity index (χ4n) is 3.49. The Balaban J connectivity index is 1.78. The van der Waals surface area contributed by atoms with Crippen LogP contribution in [-0.4, -0.2) is 40.9 Å². The largest absolute Gasteiger partial charge is 0.453 e. The number of aliphatic hydroxyl groups is 1. The number of rotatable bonds is 0. The molecule has 3 rings (SSSR count). The van der Waals surface area contributed by atoms with Crippen LogP contribution in [0.1, 0.15) is 31.2 Å². The lowest BCUT2D eigenvalue weighted by molar-refractivity contribution is -0.00730. The number of amides is 1. The molecule has 0 aliphatic carbocycles. The number of carbonyl (C=O) groups is 1. The molecule has 5 heteroatoms. The Bertz CT molecular complexity index is 635. The zero-order chi connectivity index (χ0) is 15.7. The monoisotopic (exact) mass is 303 g/mol. The van der Waals surface area contributed by atoms with E-state index in [4.69, 9.17) is 4.74 Å². The summed E-state index contributed by atoms with van der Waals surface area (Å²) in [4.78, 5) is 13.5. The standard InChI is InChI=1S/C17H18FNO3/c1-22-16(20)19-14-5-6-15(19)11-17(21,10-14)8-7-12-3-2-4-13(18)9-12/h2-4,9,14-15,21H,5-6,10-11H2,1H3/t14-,15+,17?. The average molecular weight is 303 g/mol. The molecule has 2 aliphatic heterocycles. The Morgan fingerprint density at radius 3 is 2.68 bits per heavy atom. The molecule has 1 amide bonds. The molecule has 2 heterocycles. The summed E-state index contributed by atoms with van der Waals surface area (Å²) in [6.07, 6.45) is 2.17. The average Bonchev–Trinajstić information content (AvgIpc) is 2.78. The molecule has 1 N–H and O–H groups in total. The number of fused-ring (bicyclic) bond motifs is 2. The SMILES string of the molecule is COC(=O)N1[C@@H]2CC[C@H]1CC(O)(C#Cc1cccc(F)c1)C2. The van der Waals surface area contributed by atoms with Gasteiger partial charge in [-0.05, 0) is 31.0 Å². The lowest BCUT2D eigenvalue weighted by Gasteiger charge is -2.40. The van der Waals surface area contributed by atoms with Crippen molar-refractivity contribution in [1.29, 1.82) is 0 Å². The molecule has 3 atom stereocenters. The van der Waals surface area contributed by atoms with Crippen LogP contribution < -0.4 is 0 Å². The lowest BCUT2D eigenvalue weighted by atomic mass is 9.86. The minimum absolute atomic E-state index is 0.0435. The first-order valence-corrected chi connectivity index (χ1v) is 7.38. The number of nitrogens with zero attached hydrogens (tertiary/aromatic N) is 1. The van der Waals surface area contributed by atoms with Crippen LogP contribution in [-0.2, 0) is 4.74 Å². The highest BCUT2D eigenvalue weighted by Crippen LogP contribution is 2.40. The zero-order valence-electron chi connectivity index (χ0n) is 12.4. The second-order valence-corrected chi connectivity index (χ2v) is 5.96. The summed E-state index contributed by atoms with van der Waals surface area (Å²) in [6.45, 7) is 0. The van der Waals surface area contributed by atoms with Crippen LogP contribution in [0.2, 0.25) is 0 Å². The van der Waals surface area contributed by atoms with Gasteiger partial charge in [0, 0.05) is 30.5 Å². The molecule has 0 radical (unpaired) electrons. The minimum Gasteiger partial charge on any atom is -0.453 e. The van der Waals surface area contributed by atoms with E-state index in [1.54, 1.807) is 17.0 Å². The third-order valence-corrected chi connectivity index (χ3v) is 4.42. The molecule has 0 aromatic heterocycles. The van der Waals surface area contributed by atoms with Crippen LogP contribution in [0.5, 0.6) is 0 Å². The van der Waals surface area contributed by atoms with Gasteiger partial charge in [0.1, 0.15) is 11.4 Å². The number of benzene rings is 1. The quantitative estimate of drug-likeness (QED) is 0.748. The van der Waals surface area contributed by atoms with Gasteiger partial charge >= 0.3 is 6.09 Å². The van der Waals surface area contributed by atoms with Gasteiger partial charge in [-0.1, -0.05) is 17.9 Å². The van der Waals surface area contributed by atoms with Gasteiger partial charge in [0.15, 0.2) is 0 Å². The topological polar surface area (TPSA) is 49.8 Å². The van der Waals surface area contributed by atoms with E-state index in [9.17, 15) is 14.3 Å². The molecule has 0 spiro atoms. The van der Waals surface area contributed by atoms with Gasteiger partial charge in [-0.25, -0.2) is 9.18 Å². The number of piperidine rings is 1. The van der Waals surface area contributed by atoms with Crippen molar-refractivity contribution in [3.63, 3.8) is 0 Å². The Morgan fingerprint density at radius 2 is 2.09 bits per heavy atom. The summed E-state index contributed by atoms with van der Waals surface area (Å²) in [6, 6.07) is 5.91. The molecule has 2 bridgehead atoms. The molecule has 1 unspecified atom stereocenters. The Morgan fingerprint density at radius 1 is 1.41 bits per heavy atom. The molecular weight excluding hydrogens is 285 g/mol. The van der Waals surface area contributed by atoms with Crippen molar-refractivity contribution in [2.45, 2.75) is 43.4 Å². The van der Waals surface area contributed by atoms with Crippen molar-refractivity contribution >= 4 is 6.09 Å². The molecule has 1 aromatic rings. The first kappa shape index (κ1) is 14.9. The van der Waals surface area contributed by atoms with Crippen molar-refractivity contribution in [2.24, 2.45) is 0 Å². The van der Waals surface area contributed by atoms with Crippen molar-refractivity contribution in [3.05, 3.63) is 35.6 Å². The maximum Gasteiger partial charge on any atom is 0.409 e. The number of methoxy groups -OCH3 is 1. The van der Waals surface area contributed by atoms with Gasteiger partial charge < -0.3 is 14.7 Å². The number of hydrogen-bond donors (Lipinski definition) is 1. The summed E-state index contributed by atoms with van der Waals surface area (Å²) in [5.74, 6) is 5.38. The fraction of sp³-hybridized carbons (Fsp3) is 0.471. The molecule has 0 saturated carbocycles. The van der Waals surface area contributed by atoms with Crippen molar-refractivity contribution in [1.82, 2.24) is 4.90 Å². The highest BCUT2D eigenvalue weighted by molar-refractivity contribution is 5.69. The molecule has 2 aliphatic rings. The molecule has 22 heavy (non-hydrogen) atoms. The summed E-state index contributed by atoms with van der Waals surface area (Å²) in [5.41, 5.74) is -0.598. The highest BCUT2D eigenvalue weighted by atomic mass is 19.1. The maximum absolute atomic E-state index is 13.2. The van der Waals surface area contributed by atoms with Gasteiger partial charge in [0.25, 0.3) is 0 Å². The number of ether oxygens (including phenoxy) is 1. The second kappa shape index (κ2) is 5.62. The fourth-order valence-corrected chi connectivity index (χ4v) is 3.49. The van der Waals surface area contributed by atoms with Crippen LogP contribution in [0.15, 0.2) is 24.3 Å². The minimum atomic E-state index is -1.14. The predicted octanol–water partition coefficient (Wildman–Crippen LogP) is 2.30. The van der Waals surface area contributed by atoms with E-state index in [0.717, 1.165) is 12.8 Å². The van der Waals surface area contributed by atoms with E-state index in [1.807, 2.05) is 0 Å². The highest BCUT2D eigenvalue weighted by Gasteiger charge is 2.49. The van der Waals surface area contributed by atoms with Crippen molar-refractivity contribution in [3.8, 4) is 11.8 Å². The smallest absolute Gasteiger partial charge is 0.409 e.